The van der Waals surface area contributed by atoms with Crippen LogP contribution >= 0.6 is 0 Å². The lowest BCUT2D eigenvalue weighted by molar-refractivity contribution is -0.143. The predicted octanol–water partition coefficient (Wildman–Crippen LogP) is 4.07. The fourth-order valence-electron chi connectivity index (χ4n) is 3.20. The fraction of sp³-hybridized carbons (Fsp3) is 0.130. The lowest BCUT2D eigenvalue weighted by atomic mass is 9.84. The molecule has 0 fully saturated rings. The van der Waals surface area contributed by atoms with Gasteiger partial charge in [-0.3, -0.25) is 4.79 Å². The molecule has 3 aromatic carbocycles. The number of benzene rings is 3. The molecule has 1 amide bonds. The molecule has 29 heavy (non-hydrogen) atoms. The van der Waals surface area contributed by atoms with Gasteiger partial charge in [0.05, 0.1) is 12.7 Å². The third-order valence-electron chi connectivity index (χ3n) is 4.57. The van der Waals surface area contributed by atoms with E-state index in [9.17, 15) is 18.4 Å². The van der Waals surface area contributed by atoms with Gasteiger partial charge in [0.1, 0.15) is 17.7 Å². The summed E-state index contributed by atoms with van der Waals surface area (Å²) in [7, 11) is 1.22. The Morgan fingerprint density at radius 2 is 1.41 bits per heavy atom. The molecular formula is C23H19F2NO3. The molecule has 0 aliphatic heterocycles. The minimum absolute atomic E-state index is 0.361. The third kappa shape index (κ3) is 4.66. The van der Waals surface area contributed by atoms with Gasteiger partial charge >= 0.3 is 5.97 Å². The summed E-state index contributed by atoms with van der Waals surface area (Å²) in [6.07, 6.45) is 0. The molecule has 0 radical (unpaired) electrons. The van der Waals surface area contributed by atoms with Gasteiger partial charge in [0.15, 0.2) is 0 Å². The molecule has 0 saturated carbocycles. The van der Waals surface area contributed by atoms with Gasteiger partial charge in [0, 0.05) is 12.0 Å². The van der Waals surface area contributed by atoms with Crippen LogP contribution in [0.25, 0.3) is 0 Å². The molecule has 3 aromatic rings. The first-order chi connectivity index (χ1) is 14.0. The Balaban J connectivity index is 2.02. The van der Waals surface area contributed by atoms with Crippen molar-refractivity contribution in [2.75, 3.05) is 7.11 Å². The number of carbonyl (C=O) groups is 2. The molecule has 0 heterocycles. The predicted molar refractivity (Wildman–Crippen MR) is 104 cm³/mol. The Morgan fingerprint density at radius 3 is 1.90 bits per heavy atom. The Labute approximate surface area is 167 Å². The molecule has 6 heteroatoms. The van der Waals surface area contributed by atoms with Crippen LogP contribution in [0.3, 0.4) is 0 Å². The highest BCUT2D eigenvalue weighted by Crippen LogP contribution is 2.29. The molecule has 0 aliphatic carbocycles. The highest BCUT2D eigenvalue weighted by molar-refractivity contribution is 5.97. The number of carbonyl (C=O) groups excluding carboxylic acids is 2. The van der Waals surface area contributed by atoms with Gasteiger partial charge in [0.25, 0.3) is 5.91 Å². The average molecular weight is 395 g/mol. The average Bonchev–Trinajstić information content (AvgIpc) is 2.74. The van der Waals surface area contributed by atoms with Crippen molar-refractivity contribution in [2.24, 2.45) is 0 Å². The number of hydrogen-bond donors (Lipinski definition) is 1. The number of halogens is 2. The molecule has 1 N–H and O–H groups in total. The Kier molecular flexibility index (Phi) is 6.34. The Bertz CT molecular complexity index is 954. The summed E-state index contributed by atoms with van der Waals surface area (Å²) in [5.41, 5.74) is 1.18. The molecular weight excluding hydrogens is 376 g/mol. The quantitative estimate of drug-likeness (QED) is 0.640. The number of rotatable bonds is 6. The fourth-order valence-corrected chi connectivity index (χ4v) is 3.20. The van der Waals surface area contributed by atoms with Crippen LogP contribution in [0.1, 0.15) is 27.4 Å². The van der Waals surface area contributed by atoms with Crippen LogP contribution in [0.4, 0.5) is 8.78 Å². The van der Waals surface area contributed by atoms with E-state index in [4.69, 9.17) is 4.74 Å². The molecule has 0 bridgehead atoms. The summed E-state index contributed by atoms with van der Waals surface area (Å²) in [5, 5.41) is 2.57. The topological polar surface area (TPSA) is 55.4 Å². The molecule has 0 aliphatic rings. The van der Waals surface area contributed by atoms with Gasteiger partial charge in [-0.05, 0) is 23.3 Å². The van der Waals surface area contributed by atoms with Crippen molar-refractivity contribution < 1.29 is 23.1 Å². The summed E-state index contributed by atoms with van der Waals surface area (Å²) >= 11 is 0. The number of ether oxygens (including phenoxy) is 1. The van der Waals surface area contributed by atoms with Crippen LogP contribution in [-0.2, 0) is 9.53 Å². The zero-order valence-electron chi connectivity index (χ0n) is 15.6. The second-order valence-electron chi connectivity index (χ2n) is 6.40. The van der Waals surface area contributed by atoms with Crippen molar-refractivity contribution in [1.82, 2.24) is 5.32 Å². The minimum atomic E-state index is -1.12. The maximum atomic E-state index is 14.1. The van der Waals surface area contributed by atoms with Crippen LogP contribution in [0.5, 0.6) is 0 Å². The van der Waals surface area contributed by atoms with Gasteiger partial charge in [-0.1, -0.05) is 60.7 Å². The standard InChI is InChI=1S/C23H19F2NO3/c1-29-23(28)21(26-22(27)18-13-12-17(24)14-19(18)25)20(15-8-4-2-5-9-15)16-10-6-3-7-11-16/h2-14,20-21H,1H3,(H,26,27)/t21-/m0/s1. The van der Waals surface area contributed by atoms with Crippen LogP contribution in [0.2, 0.25) is 0 Å². The van der Waals surface area contributed by atoms with E-state index in [-0.39, 0.29) is 5.56 Å². The number of hydrogen-bond acceptors (Lipinski definition) is 3. The van der Waals surface area contributed by atoms with Crippen molar-refractivity contribution in [3.05, 3.63) is 107 Å². The number of methoxy groups -OCH3 is 1. The van der Waals surface area contributed by atoms with Gasteiger partial charge in [0.2, 0.25) is 0 Å². The van der Waals surface area contributed by atoms with E-state index in [1.165, 1.54) is 7.11 Å². The van der Waals surface area contributed by atoms with Gasteiger partial charge in [-0.2, -0.15) is 0 Å². The Hall–Kier alpha value is -3.54. The van der Waals surface area contributed by atoms with Crippen molar-refractivity contribution in [3.8, 4) is 0 Å². The molecule has 148 valence electrons. The van der Waals surface area contributed by atoms with Crippen molar-refractivity contribution in [2.45, 2.75) is 12.0 Å². The van der Waals surface area contributed by atoms with E-state index in [1.54, 1.807) is 0 Å². The van der Waals surface area contributed by atoms with E-state index in [0.717, 1.165) is 23.3 Å². The number of esters is 1. The van der Waals surface area contributed by atoms with E-state index in [0.29, 0.717) is 6.07 Å². The van der Waals surface area contributed by atoms with E-state index >= 15 is 0 Å². The first-order valence-electron chi connectivity index (χ1n) is 8.95. The maximum Gasteiger partial charge on any atom is 0.329 e. The lowest BCUT2D eigenvalue weighted by Gasteiger charge is -2.27. The zero-order valence-corrected chi connectivity index (χ0v) is 15.6. The number of nitrogens with one attached hydrogen (secondary N) is 1. The van der Waals surface area contributed by atoms with Crippen LogP contribution in [0.15, 0.2) is 78.9 Å². The lowest BCUT2D eigenvalue weighted by Crippen LogP contribution is -2.46. The minimum Gasteiger partial charge on any atom is -0.467 e. The SMILES string of the molecule is COC(=O)[C@@H](NC(=O)c1ccc(F)cc1F)C(c1ccccc1)c1ccccc1. The molecule has 0 spiro atoms. The van der Waals surface area contributed by atoms with Crippen LogP contribution in [0, 0.1) is 11.6 Å². The zero-order chi connectivity index (χ0) is 20.8. The first-order valence-corrected chi connectivity index (χ1v) is 8.95. The van der Waals surface area contributed by atoms with Crippen LogP contribution < -0.4 is 5.32 Å². The second kappa shape index (κ2) is 9.10. The highest BCUT2D eigenvalue weighted by Gasteiger charge is 2.34. The molecule has 1 atom stereocenters. The van der Waals surface area contributed by atoms with Gasteiger partial charge in [-0.15, -0.1) is 0 Å². The van der Waals surface area contributed by atoms with Gasteiger partial charge in [-0.25, -0.2) is 13.6 Å². The Morgan fingerprint density at radius 1 is 0.862 bits per heavy atom. The van der Waals surface area contributed by atoms with E-state index < -0.39 is 35.5 Å². The molecule has 0 saturated heterocycles. The van der Waals surface area contributed by atoms with Crippen molar-refractivity contribution in [3.63, 3.8) is 0 Å². The second-order valence-corrected chi connectivity index (χ2v) is 6.40. The molecule has 4 nitrogen and oxygen atoms in total. The number of amides is 1. The third-order valence-corrected chi connectivity index (χ3v) is 4.57. The monoisotopic (exact) mass is 395 g/mol. The largest absolute Gasteiger partial charge is 0.467 e. The molecule has 3 rings (SSSR count). The summed E-state index contributed by atoms with van der Waals surface area (Å²) in [4.78, 5) is 25.3. The van der Waals surface area contributed by atoms with Crippen molar-refractivity contribution >= 4 is 11.9 Å². The maximum absolute atomic E-state index is 14.1. The summed E-state index contributed by atoms with van der Waals surface area (Å²) in [6.45, 7) is 0. The smallest absolute Gasteiger partial charge is 0.329 e. The van der Waals surface area contributed by atoms with E-state index in [2.05, 4.69) is 5.32 Å². The summed E-state index contributed by atoms with van der Waals surface area (Å²) in [6, 6.07) is 19.8. The summed E-state index contributed by atoms with van der Waals surface area (Å²) < 4.78 is 32.2. The summed E-state index contributed by atoms with van der Waals surface area (Å²) in [5.74, 6) is -3.90. The normalized spacial score (nSPS) is 11.7. The molecule has 0 unspecified atom stereocenters. The van der Waals surface area contributed by atoms with Gasteiger partial charge < -0.3 is 10.1 Å². The van der Waals surface area contributed by atoms with E-state index in [1.807, 2.05) is 60.7 Å². The highest BCUT2D eigenvalue weighted by atomic mass is 19.1. The molecule has 0 aromatic heterocycles. The first kappa shape index (κ1) is 20.2. The van der Waals surface area contributed by atoms with Crippen LogP contribution in [-0.4, -0.2) is 25.0 Å². The van der Waals surface area contributed by atoms with Crippen molar-refractivity contribution in [1.29, 1.82) is 0 Å².